The number of anilines is 1. The lowest BCUT2D eigenvalue weighted by Gasteiger charge is -2.29. The van der Waals surface area contributed by atoms with Gasteiger partial charge in [0.15, 0.2) is 5.06 Å². The van der Waals surface area contributed by atoms with Crippen molar-refractivity contribution < 1.29 is 9.53 Å². The average molecular weight is 436 g/mol. The fraction of sp³-hybridized carbons (Fsp3) is 0.320. The smallest absolute Gasteiger partial charge is 0.252 e. The zero-order chi connectivity index (χ0) is 22.0. The monoisotopic (exact) mass is 435 g/mol. The number of hydrogen-bond donors (Lipinski definition) is 3. The first-order valence-corrected chi connectivity index (χ1v) is 11.4. The van der Waals surface area contributed by atoms with Gasteiger partial charge in [0.1, 0.15) is 0 Å². The van der Waals surface area contributed by atoms with Gasteiger partial charge in [-0.3, -0.25) is 4.79 Å². The normalized spacial score (nSPS) is 14.6. The number of thiophene rings is 1. The Labute approximate surface area is 187 Å². The van der Waals surface area contributed by atoms with E-state index < -0.39 is 0 Å². The third-order valence-corrected chi connectivity index (χ3v) is 6.97. The largest absolute Gasteiger partial charge is 0.487 e. The number of ether oxygens (including phenoxy) is 1. The number of carbonyl (C=O) groups excluding carboxylic acids is 1. The SMILES string of the molecule is COc1cc(C)c(-c2cccc([C@@H](C)NC(=O)c3cc(NC4CNC4)ccc3C)c2)s1. The molecule has 1 saturated heterocycles. The summed E-state index contributed by atoms with van der Waals surface area (Å²) >= 11 is 1.64. The first kappa shape index (κ1) is 21.4. The topological polar surface area (TPSA) is 62.4 Å². The number of aryl methyl sites for hydroxylation is 2. The van der Waals surface area contributed by atoms with Crippen molar-refractivity contribution in [3.63, 3.8) is 0 Å². The summed E-state index contributed by atoms with van der Waals surface area (Å²) in [7, 11) is 1.69. The highest BCUT2D eigenvalue weighted by Crippen LogP contribution is 2.37. The van der Waals surface area contributed by atoms with Gasteiger partial charge in [0.05, 0.1) is 19.2 Å². The standard InChI is InChI=1S/C25H29N3O2S/c1-15-8-9-20(28-21-13-26-14-21)12-22(15)25(29)27-17(3)18-6-5-7-19(11-18)24-16(2)10-23(30-4)31-24/h5-12,17,21,26,28H,13-14H2,1-4H3,(H,27,29)/t17-/m1/s1. The Kier molecular flexibility index (Phi) is 6.30. The summed E-state index contributed by atoms with van der Waals surface area (Å²) < 4.78 is 5.38. The molecular weight excluding hydrogens is 406 g/mol. The first-order valence-electron chi connectivity index (χ1n) is 10.6. The maximum atomic E-state index is 13.1. The van der Waals surface area contributed by atoms with Crippen molar-refractivity contribution in [1.29, 1.82) is 0 Å². The zero-order valence-corrected chi connectivity index (χ0v) is 19.2. The van der Waals surface area contributed by atoms with Crippen molar-refractivity contribution in [2.24, 2.45) is 0 Å². The molecule has 0 spiro atoms. The van der Waals surface area contributed by atoms with E-state index in [1.54, 1.807) is 18.4 Å². The average Bonchev–Trinajstić information content (AvgIpc) is 3.12. The van der Waals surface area contributed by atoms with E-state index in [1.165, 1.54) is 10.4 Å². The molecule has 5 nitrogen and oxygen atoms in total. The summed E-state index contributed by atoms with van der Waals surface area (Å²) in [5.41, 5.74) is 6.07. The summed E-state index contributed by atoms with van der Waals surface area (Å²) in [5.74, 6) is -0.0558. The number of benzene rings is 2. The highest BCUT2D eigenvalue weighted by atomic mass is 32.1. The Morgan fingerprint density at radius 1 is 1.13 bits per heavy atom. The van der Waals surface area contributed by atoms with Crippen molar-refractivity contribution >= 4 is 22.9 Å². The minimum Gasteiger partial charge on any atom is -0.487 e. The van der Waals surface area contributed by atoms with E-state index in [0.29, 0.717) is 11.6 Å². The van der Waals surface area contributed by atoms with Crippen LogP contribution >= 0.6 is 11.3 Å². The Bertz CT molecular complexity index is 1090. The number of methoxy groups -OCH3 is 1. The molecule has 0 bridgehead atoms. The van der Waals surface area contributed by atoms with Gasteiger partial charge in [-0.1, -0.05) is 35.6 Å². The van der Waals surface area contributed by atoms with Gasteiger partial charge in [-0.2, -0.15) is 0 Å². The molecule has 2 heterocycles. The van der Waals surface area contributed by atoms with Crippen LogP contribution in [0.2, 0.25) is 0 Å². The van der Waals surface area contributed by atoms with Crippen molar-refractivity contribution in [3.8, 4) is 15.5 Å². The van der Waals surface area contributed by atoms with E-state index in [9.17, 15) is 4.79 Å². The van der Waals surface area contributed by atoms with Gasteiger partial charge in [-0.15, -0.1) is 0 Å². The molecule has 1 atom stereocenters. The van der Waals surface area contributed by atoms with Crippen molar-refractivity contribution in [2.75, 3.05) is 25.5 Å². The second kappa shape index (κ2) is 9.12. The number of rotatable bonds is 7. The van der Waals surface area contributed by atoms with Crippen molar-refractivity contribution in [1.82, 2.24) is 10.6 Å². The second-order valence-corrected chi connectivity index (χ2v) is 9.15. The van der Waals surface area contributed by atoms with E-state index in [-0.39, 0.29) is 11.9 Å². The van der Waals surface area contributed by atoms with Crippen LogP contribution in [0, 0.1) is 13.8 Å². The lowest BCUT2D eigenvalue weighted by Crippen LogP contribution is -2.51. The Morgan fingerprint density at radius 3 is 2.61 bits per heavy atom. The van der Waals surface area contributed by atoms with Crippen LogP contribution in [0.5, 0.6) is 5.06 Å². The molecule has 1 amide bonds. The highest BCUT2D eigenvalue weighted by Gasteiger charge is 2.19. The third kappa shape index (κ3) is 4.75. The Balaban J connectivity index is 1.50. The summed E-state index contributed by atoms with van der Waals surface area (Å²) in [5, 5.41) is 10.8. The van der Waals surface area contributed by atoms with Gasteiger partial charge >= 0.3 is 0 Å². The molecule has 2 aromatic carbocycles. The van der Waals surface area contributed by atoms with Crippen molar-refractivity contribution in [3.05, 3.63) is 70.8 Å². The van der Waals surface area contributed by atoms with Gasteiger partial charge in [-0.25, -0.2) is 0 Å². The molecule has 0 radical (unpaired) electrons. The molecule has 31 heavy (non-hydrogen) atoms. The van der Waals surface area contributed by atoms with Crippen LogP contribution in [0.25, 0.3) is 10.4 Å². The predicted molar refractivity (Wildman–Crippen MR) is 128 cm³/mol. The molecule has 1 aliphatic heterocycles. The van der Waals surface area contributed by atoms with Crippen LogP contribution in [0.3, 0.4) is 0 Å². The quantitative estimate of drug-likeness (QED) is 0.493. The Morgan fingerprint density at radius 2 is 1.94 bits per heavy atom. The highest BCUT2D eigenvalue weighted by molar-refractivity contribution is 7.17. The fourth-order valence-electron chi connectivity index (χ4n) is 3.73. The predicted octanol–water partition coefficient (Wildman–Crippen LogP) is 4.92. The van der Waals surface area contributed by atoms with E-state index in [0.717, 1.165) is 40.5 Å². The van der Waals surface area contributed by atoms with Crippen LogP contribution in [0.15, 0.2) is 48.5 Å². The molecule has 4 rings (SSSR count). The van der Waals surface area contributed by atoms with Crippen LogP contribution < -0.4 is 20.7 Å². The molecule has 0 unspecified atom stereocenters. The van der Waals surface area contributed by atoms with Gasteiger partial charge in [0.25, 0.3) is 5.91 Å². The van der Waals surface area contributed by atoms with Gasteiger partial charge in [0.2, 0.25) is 0 Å². The first-order chi connectivity index (χ1) is 14.9. The van der Waals surface area contributed by atoms with Crippen molar-refractivity contribution in [2.45, 2.75) is 32.9 Å². The van der Waals surface area contributed by atoms with Crippen LogP contribution in [0.4, 0.5) is 5.69 Å². The molecule has 3 aromatic rings. The maximum Gasteiger partial charge on any atom is 0.252 e. The fourth-order valence-corrected chi connectivity index (χ4v) is 4.71. The molecule has 0 aliphatic carbocycles. The lowest BCUT2D eigenvalue weighted by molar-refractivity contribution is 0.0939. The molecule has 6 heteroatoms. The zero-order valence-electron chi connectivity index (χ0n) is 18.4. The summed E-state index contributed by atoms with van der Waals surface area (Å²) in [6, 6.07) is 16.7. The number of carbonyl (C=O) groups is 1. The molecule has 1 fully saturated rings. The van der Waals surface area contributed by atoms with Gasteiger partial charge in [-0.05, 0) is 67.3 Å². The van der Waals surface area contributed by atoms with E-state index in [1.807, 2.05) is 38.1 Å². The summed E-state index contributed by atoms with van der Waals surface area (Å²) in [6.07, 6.45) is 0. The summed E-state index contributed by atoms with van der Waals surface area (Å²) in [4.78, 5) is 14.2. The Hall–Kier alpha value is -2.83. The van der Waals surface area contributed by atoms with Crippen LogP contribution in [-0.2, 0) is 0 Å². The maximum absolute atomic E-state index is 13.1. The van der Waals surface area contributed by atoms with E-state index in [2.05, 4.69) is 47.1 Å². The minimum absolute atomic E-state index is 0.0558. The number of nitrogens with one attached hydrogen (secondary N) is 3. The second-order valence-electron chi connectivity index (χ2n) is 8.13. The molecule has 1 aliphatic rings. The van der Waals surface area contributed by atoms with E-state index >= 15 is 0 Å². The molecule has 1 aromatic heterocycles. The number of hydrogen-bond acceptors (Lipinski definition) is 5. The number of amides is 1. The lowest BCUT2D eigenvalue weighted by atomic mass is 10.0. The van der Waals surface area contributed by atoms with Crippen LogP contribution in [-0.4, -0.2) is 32.1 Å². The van der Waals surface area contributed by atoms with E-state index in [4.69, 9.17) is 4.74 Å². The minimum atomic E-state index is -0.110. The molecule has 3 N–H and O–H groups in total. The van der Waals surface area contributed by atoms with Gasteiger partial charge < -0.3 is 20.7 Å². The van der Waals surface area contributed by atoms with Gasteiger partial charge in [0, 0.05) is 29.2 Å². The molecule has 0 saturated carbocycles. The third-order valence-electron chi connectivity index (χ3n) is 5.73. The summed E-state index contributed by atoms with van der Waals surface area (Å²) in [6.45, 7) is 8.00. The molecular formula is C25H29N3O2S. The van der Waals surface area contributed by atoms with Crippen LogP contribution in [0.1, 0.15) is 40.0 Å². The molecule has 162 valence electrons.